The number of anilines is 1. The maximum atomic E-state index is 8.17. The third kappa shape index (κ3) is 4.29. The lowest BCUT2D eigenvalue weighted by molar-refractivity contribution is 0.415. The van der Waals surface area contributed by atoms with Crippen molar-refractivity contribution in [1.82, 2.24) is 3.96 Å². The van der Waals surface area contributed by atoms with E-state index < -0.39 is 0 Å². The van der Waals surface area contributed by atoms with Crippen molar-refractivity contribution in [2.75, 3.05) is 12.4 Å². The number of aliphatic imine (C=N–C) groups is 1. The first-order valence-corrected chi connectivity index (χ1v) is 8.70. The highest BCUT2D eigenvalue weighted by Gasteiger charge is 2.08. The highest BCUT2D eigenvalue weighted by molar-refractivity contribution is 7.07. The van der Waals surface area contributed by atoms with E-state index in [2.05, 4.69) is 10.3 Å². The van der Waals surface area contributed by atoms with Crippen molar-refractivity contribution >= 4 is 40.5 Å². The molecule has 5 nitrogen and oxygen atoms in total. The van der Waals surface area contributed by atoms with Gasteiger partial charge in [-0.15, -0.1) is 0 Å². The van der Waals surface area contributed by atoms with E-state index in [0.29, 0.717) is 16.5 Å². The summed E-state index contributed by atoms with van der Waals surface area (Å²) >= 11 is 7.52. The van der Waals surface area contributed by atoms with Crippen LogP contribution in [0, 0.1) is 12.3 Å². The fourth-order valence-electron chi connectivity index (χ4n) is 2.23. The number of hydrogen-bond donors (Lipinski definition) is 2. The predicted molar refractivity (Wildman–Crippen MR) is 103 cm³/mol. The molecule has 3 aromatic rings. The highest BCUT2D eigenvalue weighted by Crippen LogP contribution is 2.20. The van der Waals surface area contributed by atoms with Crippen molar-refractivity contribution in [3.63, 3.8) is 0 Å². The monoisotopic (exact) mass is 372 g/mol. The standard InChI is InChI=1S/C18H17ClN4OS/c1-12-10-17(20)23(25-12)18(22-15-5-3-4-13(19)11-15)21-14-6-8-16(24-2)9-7-14/h3-11,20H,1-2H3,(H,21,22). The number of benzene rings is 2. The molecule has 2 N–H and O–H groups in total. The Labute approximate surface area is 154 Å². The van der Waals surface area contributed by atoms with E-state index in [1.807, 2.05) is 55.5 Å². The average molecular weight is 373 g/mol. The Kier molecular flexibility index (Phi) is 5.21. The molecule has 1 heterocycles. The minimum atomic E-state index is 0.365. The number of hydrogen-bond acceptors (Lipinski definition) is 4. The smallest absolute Gasteiger partial charge is 0.223 e. The first-order chi connectivity index (χ1) is 12.0. The number of nitrogens with one attached hydrogen (secondary N) is 2. The van der Waals surface area contributed by atoms with Crippen LogP contribution in [0.4, 0.5) is 11.4 Å². The fourth-order valence-corrected chi connectivity index (χ4v) is 3.19. The van der Waals surface area contributed by atoms with Crippen LogP contribution in [0.5, 0.6) is 5.75 Å². The van der Waals surface area contributed by atoms with E-state index in [4.69, 9.17) is 21.7 Å². The maximum Gasteiger partial charge on any atom is 0.223 e. The molecule has 0 aliphatic heterocycles. The van der Waals surface area contributed by atoms with E-state index >= 15 is 0 Å². The van der Waals surface area contributed by atoms with Crippen LogP contribution >= 0.6 is 23.1 Å². The first kappa shape index (κ1) is 17.3. The second kappa shape index (κ2) is 7.55. The van der Waals surface area contributed by atoms with Crippen molar-refractivity contribution in [2.45, 2.75) is 6.92 Å². The van der Waals surface area contributed by atoms with Crippen LogP contribution in [0.15, 0.2) is 59.6 Å². The van der Waals surface area contributed by atoms with Gasteiger partial charge in [-0.2, -0.15) is 0 Å². The molecular formula is C18H17ClN4OS. The van der Waals surface area contributed by atoms with Gasteiger partial charge in [0.05, 0.1) is 12.8 Å². The molecule has 0 bridgehead atoms. The Morgan fingerprint density at radius 1 is 1.20 bits per heavy atom. The zero-order chi connectivity index (χ0) is 17.8. The zero-order valence-electron chi connectivity index (χ0n) is 13.8. The minimum Gasteiger partial charge on any atom is -0.497 e. The molecule has 1 aromatic heterocycles. The van der Waals surface area contributed by atoms with Crippen LogP contribution in [0.1, 0.15) is 4.88 Å². The van der Waals surface area contributed by atoms with Crippen molar-refractivity contribution in [3.8, 4) is 5.75 Å². The van der Waals surface area contributed by atoms with E-state index in [-0.39, 0.29) is 0 Å². The molecular weight excluding hydrogens is 356 g/mol. The van der Waals surface area contributed by atoms with Gasteiger partial charge in [0.25, 0.3) is 0 Å². The van der Waals surface area contributed by atoms with Crippen molar-refractivity contribution in [2.24, 2.45) is 4.99 Å². The maximum absolute atomic E-state index is 8.17. The van der Waals surface area contributed by atoms with Crippen LogP contribution in [-0.2, 0) is 0 Å². The van der Waals surface area contributed by atoms with Gasteiger partial charge in [0.2, 0.25) is 5.96 Å². The van der Waals surface area contributed by atoms with Crippen LogP contribution in [0.25, 0.3) is 0 Å². The lowest BCUT2D eigenvalue weighted by Crippen LogP contribution is -2.28. The fraction of sp³-hybridized carbons (Fsp3) is 0.111. The Balaban J connectivity index is 2.03. The molecule has 3 rings (SSSR count). The molecule has 128 valence electrons. The Bertz CT molecular complexity index is 960. The summed E-state index contributed by atoms with van der Waals surface area (Å²) in [5, 5.41) is 12.1. The molecule has 0 fully saturated rings. The number of aromatic nitrogens is 1. The molecule has 0 aliphatic rings. The van der Waals surface area contributed by atoms with Crippen molar-refractivity contribution in [1.29, 1.82) is 5.41 Å². The van der Waals surface area contributed by atoms with Gasteiger partial charge in [0, 0.05) is 15.6 Å². The average Bonchev–Trinajstić information content (AvgIpc) is 2.93. The number of aryl methyl sites for hydroxylation is 1. The molecule has 0 saturated heterocycles. The van der Waals surface area contributed by atoms with Crippen LogP contribution in [0.3, 0.4) is 0 Å². The lowest BCUT2D eigenvalue weighted by atomic mass is 10.3. The van der Waals surface area contributed by atoms with Gasteiger partial charge in [-0.05, 0) is 55.5 Å². The number of methoxy groups -OCH3 is 1. The molecule has 0 spiro atoms. The van der Waals surface area contributed by atoms with Crippen molar-refractivity contribution in [3.05, 3.63) is 70.0 Å². The third-order valence-electron chi connectivity index (χ3n) is 3.37. The van der Waals surface area contributed by atoms with Gasteiger partial charge in [0.1, 0.15) is 11.2 Å². The molecule has 2 aromatic carbocycles. The summed E-state index contributed by atoms with van der Waals surface area (Å²) < 4.78 is 6.91. The summed E-state index contributed by atoms with van der Waals surface area (Å²) in [6.45, 7) is 1.96. The molecule has 0 saturated carbocycles. The van der Waals surface area contributed by atoms with Crippen molar-refractivity contribution < 1.29 is 4.74 Å². The molecule has 0 radical (unpaired) electrons. The van der Waals surface area contributed by atoms with Gasteiger partial charge in [-0.25, -0.2) is 8.95 Å². The SMILES string of the molecule is COc1ccc(N=C(Nc2cccc(Cl)c2)n2sc(C)cc2=N)cc1. The number of halogens is 1. The van der Waals surface area contributed by atoms with Crippen LogP contribution in [-0.4, -0.2) is 17.0 Å². The summed E-state index contributed by atoms with van der Waals surface area (Å²) in [5.41, 5.74) is 1.92. The highest BCUT2D eigenvalue weighted by atomic mass is 35.5. The summed E-state index contributed by atoms with van der Waals surface area (Å²) in [6.07, 6.45) is 0. The van der Waals surface area contributed by atoms with Gasteiger partial charge < -0.3 is 10.1 Å². The first-order valence-electron chi connectivity index (χ1n) is 7.55. The van der Waals surface area contributed by atoms with E-state index in [1.165, 1.54) is 11.5 Å². The van der Waals surface area contributed by atoms with E-state index in [9.17, 15) is 0 Å². The summed E-state index contributed by atoms with van der Waals surface area (Å²) in [4.78, 5) is 5.69. The van der Waals surface area contributed by atoms with E-state index in [0.717, 1.165) is 22.0 Å². The predicted octanol–water partition coefficient (Wildman–Crippen LogP) is 4.65. The summed E-state index contributed by atoms with van der Waals surface area (Å²) in [5.74, 6) is 1.31. The summed E-state index contributed by atoms with van der Waals surface area (Å²) in [7, 11) is 1.63. The van der Waals surface area contributed by atoms with Crippen LogP contribution in [0.2, 0.25) is 5.02 Å². The Morgan fingerprint density at radius 3 is 2.56 bits per heavy atom. The molecule has 0 amide bonds. The largest absolute Gasteiger partial charge is 0.497 e. The lowest BCUT2D eigenvalue weighted by Gasteiger charge is -2.11. The molecule has 0 atom stereocenters. The molecule has 0 unspecified atom stereocenters. The molecule has 0 aliphatic carbocycles. The Hall–Kier alpha value is -2.57. The quantitative estimate of drug-likeness (QED) is 0.519. The summed E-state index contributed by atoms with van der Waals surface area (Å²) in [6, 6.07) is 16.6. The van der Waals surface area contributed by atoms with Gasteiger partial charge in [0.15, 0.2) is 0 Å². The van der Waals surface area contributed by atoms with Gasteiger partial charge >= 0.3 is 0 Å². The van der Waals surface area contributed by atoms with Gasteiger partial charge in [-0.3, -0.25) is 5.41 Å². The number of ether oxygens (including phenoxy) is 1. The third-order valence-corrected chi connectivity index (χ3v) is 4.57. The minimum absolute atomic E-state index is 0.365. The Morgan fingerprint density at radius 2 is 1.96 bits per heavy atom. The normalized spacial score (nSPS) is 11.4. The van der Waals surface area contributed by atoms with Gasteiger partial charge in [-0.1, -0.05) is 29.2 Å². The second-order valence-electron chi connectivity index (χ2n) is 5.29. The molecule has 7 heteroatoms. The topological polar surface area (TPSA) is 62.4 Å². The zero-order valence-corrected chi connectivity index (χ0v) is 15.4. The second-order valence-corrected chi connectivity index (χ2v) is 6.92. The number of nitrogens with zero attached hydrogens (tertiary/aromatic N) is 2. The van der Waals surface area contributed by atoms with E-state index in [1.54, 1.807) is 17.1 Å². The van der Waals surface area contributed by atoms with Crippen LogP contribution < -0.4 is 15.5 Å². The number of rotatable bonds is 3. The molecule has 25 heavy (non-hydrogen) atoms.